The molecule has 3 heterocycles. The molecule has 0 unspecified atom stereocenters. The van der Waals surface area contributed by atoms with Gasteiger partial charge in [-0.2, -0.15) is 20.1 Å². The fraction of sp³-hybridized carbons (Fsp3) is 0.143. The van der Waals surface area contributed by atoms with Crippen molar-refractivity contribution in [1.82, 2.24) is 0 Å². The van der Waals surface area contributed by atoms with Crippen LogP contribution in [0.25, 0.3) is 45.2 Å². The normalized spacial score (nSPS) is 17.6. The van der Waals surface area contributed by atoms with E-state index in [9.17, 15) is 0 Å². The van der Waals surface area contributed by atoms with Crippen molar-refractivity contribution in [1.29, 1.82) is 0 Å². The molecule has 0 atom stereocenters. The number of anilines is 6. The Morgan fingerprint density at radius 2 is 0.896 bits per heavy atom. The maximum atomic E-state index is 2.56. The minimum atomic E-state index is -1.15. The van der Waals surface area contributed by atoms with Crippen molar-refractivity contribution >= 4 is 77.1 Å². The first-order valence-corrected chi connectivity index (χ1v) is 28.2. The lowest BCUT2D eigenvalue weighted by Crippen LogP contribution is -2.22. The van der Waals surface area contributed by atoms with Crippen molar-refractivity contribution in [2.45, 2.75) is 51.7 Å². The van der Waals surface area contributed by atoms with Crippen LogP contribution in [0.15, 0.2) is 214 Å². The Morgan fingerprint density at radius 3 is 1.52 bits per heavy atom. The van der Waals surface area contributed by atoms with Crippen LogP contribution in [-0.4, -0.2) is 24.0 Å². The first-order valence-electron chi connectivity index (χ1n) is 23.8. The highest BCUT2D eigenvalue weighted by atomic mass is 32.3. The molecular formula is C63H54N2S2. The minimum absolute atomic E-state index is 0.149. The van der Waals surface area contributed by atoms with Crippen molar-refractivity contribution in [3.8, 4) is 22.3 Å². The second-order valence-electron chi connectivity index (χ2n) is 19.7. The number of hydrogen-bond donors (Lipinski definition) is 0. The van der Waals surface area contributed by atoms with E-state index in [1.54, 1.807) is 9.79 Å². The van der Waals surface area contributed by atoms with Gasteiger partial charge in [-0.15, -0.1) is 0 Å². The smallest absolute Gasteiger partial charge is 0.0586 e. The van der Waals surface area contributed by atoms with Crippen LogP contribution in [0.2, 0.25) is 0 Å². The van der Waals surface area contributed by atoms with E-state index in [1.807, 2.05) is 0 Å². The molecule has 1 saturated heterocycles. The number of para-hydroxylation sites is 4. The van der Waals surface area contributed by atoms with Gasteiger partial charge in [-0.05, 0) is 153 Å². The molecule has 3 aliphatic heterocycles. The van der Waals surface area contributed by atoms with Crippen LogP contribution in [0.5, 0.6) is 0 Å². The summed E-state index contributed by atoms with van der Waals surface area (Å²) in [6.45, 7) is 4.79. The predicted octanol–water partition coefficient (Wildman–Crippen LogP) is 18.0. The lowest BCUT2D eigenvalue weighted by Gasteiger charge is -2.47. The molecule has 13 rings (SSSR count). The van der Waals surface area contributed by atoms with Gasteiger partial charge in [-0.1, -0.05) is 153 Å². The van der Waals surface area contributed by atoms with E-state index in [0.717, 1.165) is 0 Å². The molecule has 1 aliphatic carbocycles. The Bertz CT molecular complexity index is 3400. The van der Waals surface area contributed by atoms with Gasteiger partial charge in [-0.25, -0.2) is 0 Å². The van der Waals surface area contributed by atoms with E-state index < -0.39 is 20.1 Å². The van der Waals surface area contributed by atoms with E-state index >= 15 is 0 Å². The molecule has 328 valence electrons. The van der Waals surface area contributed by atoms with Crippen molar-refractivity contribution < 1.29 is 0 Å². The Balaban J connectivity index is 0.795. The summed E-state index contributed by atoms with van der Waals surface area (Å²) in [5, 5.41) is 2.55. The van der Waals surface area contributed by atoms with E-state index in [2.05, 4.69) is 242 Å². The highest BCUT2D eigenvalue weighted by Gasteiger charge is 2.42. The Kier molecular flexibility index (Phi) is 9.17. The summed E-state index contributed by atoms with van der Waals surface area (Å²) in [6, 6.07) is 73.6. The quantitative estimate of drug-likeness (QED) is 0.159. The summed E-state index contributed by atoms with van der Waals surface area (Å²) < 4.78 is 0. The van der Waals surface area contributed by atoms with E-state index in [0.29, 0.717) is 0 Å². The number of rotatable bonds is 5. The maximum absolute atomic E-state index is 2.56. The lowest BCUT2D eigenvalue weighted by atomic mass is 9.81. The summed E-state index contributed by atoms with van der Waals surface area (Å²) in [5.74, 6) is 2.60. The molecule has 4 heteroatoms. The van der Waals surface area contributed by atoms with Crippen LogP contribution < -0.4 is 9.80 Å². The highest BCUT2D eigenvalue weighted by Crippen LogP contribution is 2.74. The van der Waals surface area contributed by atoms with Crippen molar-refractivity contribution in [2.75, 3.05) is 33.8 Å². The van der Waals surface area contributed by atoms with Crippen LogP contribution in [0.3, 0.4) is 0 Å². The zero-order chi connectivity index (χ0) is 45.1. The first kappa shape index (κ1) is 40.5. The molecule has 0 aromatic heterocycles. The summed E-state index contributed by atoms with van der Waals surface area (Å²) in [6.07, 6.45) is 12.0. The van der Waals surface area contributed by atoms with Gasteiger partial charge < -0.3 is 9.80 Å². The van der Waals surface area contributed by atoms with Gasteiger partial charge in [0.25, 0.3) is 0 Å². The van der Waals surface area contributed by atoms with Crippen molar-refractivity contribution in [3.05, 3.63) is 216 Å². The molecule has 0 radical (unpaired) electrons. The molecule has 9 aromatic carbocycles. The largest absolute Gasteiger partial charge is 0.308 e. The summed E-state index contributed by atoms with van der Waals surface area (Å²) in [7, 11) is -2.19. The SMILES string of the molecule is CC1(C)c2cc(/C=C/c3ccc(-c4ccc(N5c6ccccc6S6(CCCC6)c6ccccc65)c5ccccc45)cc3)ccc2-c2ccc(N3c4ccccc4S(C)(C)c4ccccc43)cc21. The number of benzene rings is 9. The average molecular weight is 903 g/mol. The van der Waals surface area contributed by atoms with Gasteiger partial charge in [0.2, 0.25) is 0 Å². The Hall–Kier alpha value is -6.72. The second kappa shape index (κ2) is 15.2. The summed E-state index contributed by atoms with van der Waals surface area (Å²) in [4.78, 5) is 11.1. The molecule has 4 aliphatic rings. The van der Waals surface area contributed by atoms with Gasteiger partial charge in [0.15, 0.2) is 0 Å². The average Bonchev–Trinajstić information content (AvgIpc) is 3.94. The molecular weight excluding hydrogens is 849 g/mol. The number of nitrogens with zero attached hydrogens (tertiary/aromatic N) is 2. The summed E-state index contributed by atoms with van der Waals surface area (Å²) in [5.41, 5.74) is 18.0. The number of fused-ring (bicyclic) bond motifs is 10. The van der Waals surface area contributed by atoms with E-state index in [4.69, 9.17) is 0 Å². The van der Waals surface area contributed by atoms with Gasteiger partial charge in [0.1, 0.15) is 0 Å². The first-order chi connectivity index (χ1) is 32.7. The van der Waals surface area contributed by atoms with Gasteiger partial charge in [-0.3, -0.25) is 0 Å². The van der Waals surface area contributed by atoms with Crippen molar-refractivity contribution in [2.24, 2.45) is 0 Å². The molecule has 1 spiro atoms. The van der Waals surface area contributed by atoms with Crippen molar-refractivity contribution in [3.63, 3.8) is 0 Å². The third-order valence-electron chi connectivity index (χ3n) is 15.4. The number of hydrogen-bond acceptors (Lipinski definition) is 2. The minimum Gasteiger partial charge on any atom is -0.308 e. The van der Waals surface area contributed by atoms with Gasteiger partial charge >= 0.3 is 0 Å². The lowest BCUT2D eigenvalue weighted by molar-refractivity contribution is 0.660. The highest BCUT2D eigenvalue weighted by molar-refractivity contribution is 8.34. The Morgan fingerprint density at radius 1 is 0.418 bits per heavy atom. The third kappa shape index (κ3) is 6.05. The molecule has 9 aromatic rings. The fourth-order valence-electron chi connectivity index (χ4n) is 12.0. The molecule has 67 heavy (non-hydrogen) atoms. The van der Waals surface area contributed by atoms with Crippen LogP contribution >= 0.6 is 20.1 Å². The summed E-state index contributed by atoms with van der Waals surface area (Å²) >= 11 is 0. The van der Waals surface area contributed by atoms with Gasteiger partial charge in [0, 0.05) is 36.1 Å². The standard InChI is InChI=1S/C63H54N2S2/c1-63(2)52-41-44(31-35-49(52)50-36-34-46(42-53(50)63)64-55-19-7-11-23-59(55)66(3,4)60-24-12-8-20-56(60)64)28-27-43-29-32-45(33-30-43)47-37-38-54(51-18-6-5-17-48(47)51)65-57-21-9-13-25-61(57)67(39-15-16-40-67)62-26-14-10-22-58(62)65/h5-14,17-38,41-42H,15-16,39-40H2,1-4H3/b28-27+. The monoisotopic (exact) mass is 902 g/mol. The van der Waals surface area contributed by atoms with Gasteiger partial charge in [0.05, 0.1) is 28.4 Å². The fourth-order valence-corrected chi connectivity index (χ4v) is 19.0. The maximum Gasteiger partial charge on any atom is 0.0586 e. The molecule has 0 N–H and O–H groups in total. The van der Waals surface area contributed by atoms with E-state index in [1.165, 1.54) is 124 Å². The third-order valence-corrected chi connectivity index (χ3v) is 22.6. The molecule has 2 nitrogen and oxygen atoms in total. The van der Waals surface area contributed by atoms with Crippen LogP contribution in [0, 0.1) is 0 Å². The Labute approximate surface area is 398 Å². The second-order valence-corrected chi connectivity index (χ2v) is 26.7. The zero-order valence-electron chi connectivity index (χ0n) is 38.7. The molecule has 0 amide bonds. The predicted molar refractivity (Wildman–Crippen MR) is 291 cm³/mol. The topological polar surface area (TPSA) is 6.48 Å². The van der Waals surface area contributed by atoms with Crippen LogP contribution in [-0.2, 0) is 5.41 Å². The van der Waals surface area contributed by atoms with Crippen LogP contribution in [0.1, 0.15) is 48.9 Å². The molecule has 1 fully saturated rings. The zero-order valence-corrected chi connectivity index (χ0v) is 40.3. The molecule has 0 bridgehead atoms. The van der Waals surface area contributed by atoms with Crippen LogP contribution in [0.4, 0.5) is 34.1 Å². The van der Waals surface area contributed by atoms with E-state index in [-0.39, 0.29) is 5.41 Å². The molecule has 0 saturated carbocycles.